The third-order valence-electron chi connectivity index (χ3n) is 2.50. The first-order valence-corrected chi connectivity index (χ1v) is 5.79. The molecule has 0 saturated carbocycles. The Morgan fingerprint density at radius 3 is 2.59 bits per heavy atom. The zero-order valence-electron chi connectivity index (χ0n) is 8.64. The maximum absolute atomic E-state index is 12.9. The Hall–Kier alpha value is -1.75. The van der Waals surface area contributed by atoms with Gasteiger partial charge in [-0.2, -0.15) is 5.10 Å². The lowest BCUT2D eigenvalue weighted by atomic mass is 10.1. The molecule has 84 valence electrons. The molecule has 0 radical (unpaired) electrons. The lowest BCUT2D eigenvalue weighted by molar-refractivity contribution is 0.628. The maximum Gasteiger partial charge on any atom is 0.123 e. The molecule has 0 bridgehead atoms. The van der Waals surface area contributed by atoms with E-state index in [4.69, 9.17) is 0 Å². The summed E-state index contributed by atoms with van der Waals surface area (Å²) in [6.45, 7) is 0. The van der Waals surface area contributed by atoms with E-state index in [1.807, 2.05) is 6.07 Å². The average Bonchev–Trinajstić information content (AvgIpc) is 2.69. The Morgan fingerprint density at radius 2 is 1.88 bits per heavy atom. The van der Waals surface area contributed by atoms with Crippen LogP contribution in [0.4, 0.5) is 4.39 Å². The molecule has 2 heterocycles. The van der Waals surface area contributed by atoms with Crippen molar-refractivity contribution in [2.45, 2.75) is 0 Å². The fourth-order valence-corrected chi connectivity index (χ4v) is 2.29. The lowest BCUT2D eigenvalue weighted by Crippen LogP contribution is -1.87. The summed E-state index contributed by atoms with van der Waals surface area (Å²) in [5, 5.41) is 4.40. The van der Waals surface area contributed by atoms with Gasteiger partial charge >= 0.3 is 0 Å². The van der Waals surface area contributed by atoms with Gasteiger partial charge in [0.05, 0.1) is 9.99 Å². The fraction of sp³-hybridized carbons (Fsp3) is 0. The van der Waals surface area contributed by atoms with Gasteiger partial charge in [0.2, 0.25) is 0 Å². The van der Waals surface area contributed by atoms with Gasteiger partial charge in [-0.3, -0.25) is 0 Å². The molecular formula is C12H7BrFN3. The minimum absolute atomic E-state index is 0.254. The monoisotopic (exact) mass is 291 g/mol. The highest BCUT2D eigenvalue weighted by Crippen LogP contribution is 2.30. The average molecular weight is 292 g/mol. The van der Waals surface area contributed by atoms with Gasteiger partial charge in [-0.1, -0.05) is 0 Å². The predicted molar refractivity (Wildman–Crippen MR) is 66.1 cm³/mol. The Kier molecular flexibility index (Phi) is 2.40. The maximum atomic E-state index is 12.9. The second kappa shape index (κ2) is 3.92. The predicted octanol–water partition coefficient (Wildman–Crippen LogP) is 3.30. The standard InChI is InChI=1S/C12H7BrFN3/c13-11-10-5-6-15-7-17(10)16-12(11)8-1-3-9(14)4-2-8/h1-7H. The largest absolute Gasteiger partial charge is 0.245 e. The zero-order valence-corrected chi connectivity index (χ0v) is 10.2. The molecule has 0 spiro atoms. The summed E-state index contributed by atoms with van der Waals surface area (Å²) in [6, 6.07) is 8.11. The molecule has 0 N–H and O–H groups in total. The molecule has 1 aromatic carbocycles. The number of halogens is 2. The third kappa shape index (κ3) is 1.72. The summed E-state index contributed by atoms with van der Waals surface area (Å²) < 4.78 is 15.4. The molecule has 0 atom stereocenters. The normalized spacial score (nSPS) is 10.9. The van der Waals surface area contributed by atoms with Gasteiger partial charge in [-0.05, 0) is 46.3 Å². The SMILES string of the molecule is Fc1ccc(-c2nn3cnccc3c2Br)cc1. The van der Waals surface area contributed by atoms with Gasteiger partial charge in [-0.15, -0.1) is 0 Å². The second-order valence-corrected chi connectivity index (χ2v) is 4.37. The molecule has 0 aliphatic heterocycles. The zero-order chi connectivity index (χ0) is 11.8. The molecule has 3 rings (SSSR count). The summed E-state index contributed by atoms with van der Waals surface area (Å²) in [5.74, 6) is -0.254. The summed E-state index contributed by atoms with van der Waals surface area (Å²) in [7, 11) is 0. The second-order valence-electron chi connectivity index (χ2n) is 3.58. The van der Waals surface area contributed by atoms with E-state index in [-0.39, 0.29) is 5.82 Å². The molecule has 2 aromatic heterocycles. The van der Waals surface area contributed by atoms with E-state index < -0.39 is 0 Å². The van der Waals surface area contributed by atoms with Crippen LogP contribution in [0.25, 0.3) is 16.8 Å². The fourth-order valence-electron chi connectivity index (χ4n) is 1.67. The lowest BCUT2D eigenvalue weighted by Gasteiger charge is -1.96. The molecule has 5 heteroatoms. The van der Waals surface area contributed by atoms with Gasteiger partial charge in [0, 0.05) is 11.8 Å². The van der Waals surface area contributed by atoms with Gasteiger partial charge in [0.15, 0.2) is 0 Å². The molecule has 0 aliphatic carbocycles. The Labute approximate surface area is 105 Å². The van der Waals surface area contributed by atoms with E-state index in [0.717, 1.165) is 21.2 Å². The van der Waals surface area contributed by atoms with E-state index in [1.165, 1.54) is 12.1 Å². The summed E-state index contributed by atoms with van der Waals surface area (Å²) in [4.78, 5) is 3.99. The minimum Gasteiger partial charge on any atom is -0.245 e. The molecule has 0 aliphatic rings. The highest BCUT2D eigenvalue weighted by molar-refractivity contribution is 9.10. The van der Waals surface area contributed by atoms with Crippen LogP contribution in [0.15, 0.2) is 47.3 Å². The van der Waals surface area contributed by atoms with Gasteiger partial charge in [0.1, 0.15) is 17.8 Å². The van der Waals surface area contributed by atoms with Crippen LogP contribution in [0.2, 0.25) is 0 Å². The Bertz CT molecular complexity index is 676. The third-order valence-corrected chi connectivity index (χ3v) is 3.28. The van der Waals surface area contributed by atoms with E-state index >= 15 is 0 Å². The molecule has 3 aromatic rings. The van der Waals surface area contributed by atoms with Crippen molar-refractivity contribution >= 4 is 21.4 Å². The van der Waals surface area contributed by atoms with Crippen LogP contribution in [-0.2, 0) is 0 Å². The van der Waals surface area contributed by atoms with E-state index in [9.17, 15) is 4.39 Å². The van der Waals surface area contributed by atoms with Crippen molar-refractivity contribution in [1.29, 1.82) is 0 Å². The van der Waals surface area contributed by atoms with Gasteiger partial charge in [0.25, 0.3) is 0 Å². The molecule has 0 unspecified atom stereocenters. The van der Waals surface area contributed by atoms with Crippen molar-refractivity contribution in [2.24, 2.45) is 0 Å². The van der Waals surface area contributed by atoms with Crippen LogP contribution in [0.1, 0.15) is 0 Å². The number of hydrogen-bond acceptors (Lipinski definition) is 2. The molecular weight excluding hydrogens is 285 g/mol. The quantitative estimate of drug-likeness (QED) is 0.689. The van der Waals surface area contributed by atoms with Crippen molar-refractivity contribution in [2.75, 3.05) is 0 Å². The van der Waals surface area contributed by atoms with E-state index in [0.29, 0.717) is 0 Å². The van der Waals surface area contributed by atoms with Crippen LogP contribution in [0, 0.1) is 5.82 Å². The van der Waals surface area contributed by atoms with E-state index in [1.54, 1.807) is 29.2 Å². The summed E-state index contributed by atoms with van der Waals surface area (Å²) in [5.41, 5.74) is 2.57. The highest BCUT2D eigenvalue weighted by atomic mass is 79.9. The molecule has 17 heavy (non-hydrogen) atoms. The molecule has 0 amide bonds. The first-order valence-electron chi connectivity index (χ1n) is 4.99. The number of nitrogens with zero attached hydrogens (tertiary/aromatic N) is 3. The molecule has 0 fully saturated rings. The van der Waals surface area contributed by atoms with Crippen molar-refractivity contribution in [3.63, 3.8) is 0 Å². The van der Waals surface area contributed by atoms with E-state index in [2.05, 4.69) is 26.0 Å². The van der Waals surface area contributed by atoms with Crippen LogP contribution >= 0.6 is 15.9 Å². The summed E-state index contributed by atoms with van der Waals surface area (Å²) >= 11 is 3.50. The van der Waals surface area contributed by atoms with Crippen LogP contribution in [0.5, 0.6) is 0 Å². The van der Waals surface area contributed by atoms with Crippen molar-refractivity contribution in [3.05, 3.63) is 53.1 Å². The molecule has 0 saturated heterocycles. The summed E-state index contributed by atoms with van der Waals surface area (Å²) in [6.07, 6.45) is 3.34. The first kappa shape index (κ1) is 10.4. The topological polar surface area (TPSA) is 30.2 Å². The minimum atomic E-state index is -0.254. The number of fused-ring (bicyclic) bond motifs is 1. The van der Waals surface area contributed by atoms with Crippen molar-refractivity contribution in [3.8, 4) is 11.3 Å². The number of benzene rings is 1. The Balaban J connectivity index is 2.24. The smallest absolute Gasteiger partial charge is 0.123 e. The number of aromatic nitrogens is 3. The Morgan fingerprint density at radius 1 is 1.12 bits per heavy atom. The van der Waals surface area contributed by atoms with Crippen LogP contribution in [-0.4, -0.2) is 14.6 Å². The first-order chi connectivity index (χ1) is 8.25. The van der Waals surface area contributed by atoms with Crippen molar-refractivity contribution in [1.82, 2.24) is 14.6 Å². The molecule has 3 nitrogen and oxygen atoms in total. The van der Waals surface area contributed by atoms with Crippen LogP contribution in [0.3, 0.4) is 0 Å². The van der Waals surface area contributed by atoms with Crippen molar-refractivity contribution < 1.29 is 4.39 Å². The van der Waals surface area contributed by atoms with Gasteiger partial charge < -0.3 is 0 Å². The number of rotatable bonds is 1. The van der Waals surface area contributed by atoms with Gasteiger partial charge in [-0.25, -0.2) is 13.9 Å². The number of hydrogen-bond donors (Lipinski definition) is 0. The van der Waals surface area contributed by atoms with Crippen LogP contribution < -0.4 is 0 Å². The highest BCUT2D eigenvalue weighted by Gasteiger charge is 2.11.